The Kier molecular flexibility index (Phi) is 6.74. The van der Waals surface area contributed by atoms with Crippen LogP contribution < -0.4 is 9.64 Å². The van der Waals surface area contributed by atoms with E-state index in [-0.39, 0.29) is 21.3 Å². The van der Waals surface area contributed by atoms with Gasteiger partial charge in [-0.3, -0.25) is 14.5 Å². The molecule has 1 aliphatic heterocycles. The number of ketones is 1. The number of rotatable bonds is 8. The summed E-state index contributed by atoms with van der Waals surface area (Å²) >= 11 is 0.941. The number of aliphatic hydroxyl groups excluding tert-OH is 1. The van der Waals surface area contributed by atoms with Crippen molar-refractivity contribution < 1.29 is 33.4 Å². The largest absolute Gasteiger partial charge is 0.503 e. The van der Waals surface area contributed by atoms with Crippen LogP contribution in [-0.4, -0.2) is 41.5 Å². The first-order chi connectivity index (χ1) is 16.8. The number of methoxy groups -OCH3 is 1. The molecule has 1 unspecified atom stereocenters. The first kappa shape index (κ1) is 24.2. The highest BCUT2D eigenvalue weighted by molar-refractivity contribution is 7.17. The van der Waals surface area contributed by atoms with Crippen molar-refractivity contribution >= 4 is 34.1 Å². The average Bonchev–Trinajstić information content (AvgIpc) is 3.53. The number of ether oxygens (including phenoxy) is 2. The topological polar surface area (TPSA) is 119 Å². The van der Waals surface area contributed by atoms with Crippen molar-refractivity contribution in [2.24, 2.45) is 0 Å². The second-order valence-electron chi connectivity index (χ2n) is 7.90. The number of carbonyl (C=O) groups excluding carboxylic acids is 3. The van der Waals surface area contributed by atoms with Crippen LogP contribution in [0.5, 0.6) is 5.75 Å². The van der Waals surface area contributed by atoms with Gasteiger partial charge in [-0.25, -0.2) is 9.78 Å². The minimum absolute atomic E-state index is 0.00680. The SMILES string of the molecule is CCCOc1cccc(C2C(C(=O)c3ccc(C)o3)=C(O)C(=O)N2c2nc(C)c(C(=O)OC)s2)c1. The predicted molar refractivity (Wildman–Crippen MR) is 128 cm³/mol. The maximum absolute atomic E-state index is 13.4. The van der Waals surface area contributed by atoms with Crippen molar-refractivity contribution in [3.63, 3.8) is 0 Å². The number of aliphatic hydroxyl groups is 1. The fourth-order valence-electron chi connectivity index (χ4n) is 3.80. The number of hydrogen-bond acceptors (Lipinski definition) is 9. The van der Waals surface area contributed by atoms with Gasteiger partial charge in [0.15, 0.2) is 16.7 Å². The van der Waals surface area contributed by atoms with E-state index in [1.54, 1.807) is 44.2 Å². The molecular weight excluding hydrogens is 472 g/mol. The summed E-state index contributed by atoms with van der Waals surface area (Å²) in [7, 11) is 1.25. The lowest BCUT2D eigenvalue weighted by Gasteiger charge is -2.24. The number of aromatic nitrogens is 1. The summed E-state index contributed by atoms with van der Waals surface area (Å²) in [6.07, 6.45) is 0.801. The minimum Gasteiger partial charge on any atom is -0.503 e. The van der Waals surface area contributed by atoms with Gasteiger partial charge < -0.3 is 19.0 Å². The molecule has 0 bridgehead atoms. The number of benzene rings is 1. The number of aryl methyl sites for hydroxylation is 2. The molecule has 0 saturated heterocycles. The summed E-state index contributed by atoms with van der Waals surface area (Å²) in [5, 5.41) is 11.0. The standard InChI is InChI=1S/C25H24N2O7S/c1-5-11-33-16-8-6-7-15(12-16)19-18(20(28)17-10-9-13(2)34-17)21(29)23(30)27(19)25-26-14(3)22(35-25)24(31)32-4/h6-10,12,19,29H,5,11H2,1-4H3. The zero-order valence-corrected chi connectivity index (χ0v) is 20.5. The molecule has 1 N–H and O–H groups in total. The van der Waals surface area contributed by atoms with E-state index in [1.165, 1.54) is 18.1 Å². The summed E-state index contributed by atoms with van der Waals surface area (Å²) in [5.74, 6) is -1.68. The lowest BCUT2D eigenvalue weighted by molar-refractivity contribution is -0.117. The highest BCUT2D eigenvalue weighted by Gasteiger charge is 2.47. The molecule has 0 spiro atoms. The third-order valence-corrected chi connectivity index (χ3v) is 6.56. The van der Waals surface area contributed by atoms with E-state index in [0.717, 1.165) is 17.8 Å². The fraction of sp³-hybridized carbons (Fsp3) is 0.280. The van der Waals surface area contributed by atoms with E-state index in [1.807, 2.05) is 6.92 Å². The van der Waals surface area contributed by atoms with Gasteiger partial charge in [0.25, 0.3) is 5.91 Å². The third kappa shape index (κ3) is 4.44. The number of amides is 1. The Labute approximate surface area is 205 Å². The lowest BCUT2D eigenvalue weighted by Crippen LogP contribution is -2.31. The van der Waals surface area contributed by atoms with Crippen molar-refractivity contribution in [2.75, 3.05) is 18.6 Å². The Morgan fingerprint density at radius 1 is 1.23 bits per heavy atom. The highest BCUT2D eigenvalue weighted by atomic mass is 32.1. The third-order valence-electron chi connectivity index (χ3n) is 5.43. The number of furan rings is 1. The number of Topliss-reactive ketones (excluding diaryl/α,β-unsaturated/α-hetero) is 1. The average molecular weight is 497 g/mol. The zero-order valence-electron chi connectivity index (χ0n) is 19.7. The Hall–Kier alpha value is -3.92. The van der Waals surface area contributed by atoms with Crippen LogP contribution in [0, 0.1) is 13.8 Å². The van der Waals surface area contributed by atoms with Crippen molar-refractivity contribution in [3.05, 3.63) is 75.4 Å². The smallest absolute Gasteiger partial charge is 0.350 e. The maximum atomic E-state index is 13.4. The molecule has 1 atom stereocenters. The first-order valence-corrected chi connectivity index (χ1v) is 11.7. The summed E-state index contributed by atoms with van der Waals surface area (Å²) in [6.45, 7) is 5.78. The van der Waals surface area contributed by atoms with Crippen LogP contribution in [0.15, 0.2) is 52.1 Å². The summed E-state index contributed by atoms with van der Waals surface area (Å²) in [6, 6.07) is 9.04. The second kappa shape index (κ2) is 9.75. The highest BCUT2D eigenvalue weighted by Crippen LogP contribution is 2.44. The molecule has 1 amide bonds. The molecule has 3 aromatic rings. The van der Waals surface area contributed by atoms with Crippen LogP contribution in [0.25, 0.3) is 0 Å². The molecule has 0 radical (unpaired) electrons. The van der Waals surface area contributed by atoms with Gasteiger partial charge in [-0.05, 0) is 50.1 Å². The van der Waals surface area contributed by atoms with Crippen LogP contribution >= 0.6 is 11.3 Å². The molecule has 35 heavy (non-hydrogen) atoms. The van der Waals surface area contributed by atoms with E-state index < -0.39 is 29.5 Å². The van der Waals surface area contributed by atoms with E-state index in [9.17, 15) is 19.5 Å². The molecule has 0 fully saturated rings. The van der Waals surface area contributed by atoms with E-state index >= 15 is 0 Å². The maximum Gasteiger partial charge on any atom is 0.350 e. The van der Waals surface area contributed by atoms with Crippen LogP contribution in [0.3, 0.4) is 0 Å². The Morgan fingerprint density at radius 2 is 2.00 bits per heavy atom. The number of carbonyl (C=O) groups is 3. The van der Waals surface area contributed by atoms with Gasteiger partial charge in [-0.15, -0.1) is 0 Å². The Morgan fingerprint density at radius 3 is 2.66 bits per heavy atom. The summed E-state index contributed by atoms with van der Waals surface area (Å²) in [5.41, 5.74) is 0.740. The molecule has 1 aliphatic rings. The van der Waals surface area contributed by atoms with Gasteiger partial charge in [-0.1, -0.05) is 30.4 Å². The molecule has 3 heterocycles. The van der Waals surface area contributed by atoms with Crippen LogP contribution in [0.1, 0.15) is 56.6 Å². The summed E-state index contributed by atoms with van der Waals surface area (Å²) < 4.78 is 16.0. The van der Waals surface area contributed by atoms with Gasteiger partial charge in [0.1, 0.15) is 16.4 Å². The summed E-state index contributed by atoms with van der Waals surface area (Å²) in [4.78, 5) is 44.7. The van der Waals surface area contributed by atoms with Gasteiger partial charge in [0.2, 0.25) is 5.78 Å². The number of esters is 1. The number of anilines is 1. The number of hydrogen-bond donors (Lipinski definition) is 1. The van der Waals surface area contributed by atoms with E-state index in [4.69, 9.17) is 13.9 Å². The van der Waals surface area contributed by atoms with Crippen LogP contribution in [0.2, 0.25) is 0 Å². The molecule has 0 saturated carbocycles. The molecular formula is C25H24N2O7S. The molecule has 1 aromatic carbocycles. The molecule has 10 heteroatoms. The van der Waals surface area contributed by atoms with Crippen LogP contribution in [0.4, 0.5) is 5.13 Å². The van der Waals surface area contributed by atoms with Crippen molar-refractivity contribution in [2.45, 2.75) is 33.2 Å². The molecule has 182 valence electrons. The predicted octanol–water partition coefficient (Wildman–Crippen LogP) is 4.71. The number of thiazole rings is 1. The first-order valence-electron chi connectivity index (χ1n) is 10.9. The second-order valence-corrected chi connectivity index (χ2v) is 8.88. The van der Waals surface area contributed by atoms with Gasteiger partial charge in [-0.2, -0.15) is 0 Å². The Bertz CT molecular complexity index is 1340. The van der Waals surface area contributed by atoms with Gasteiger partial charge >= 0.3 is 5.97 Å². The molecule has 0 aliphatic carbocycles. The molecule has 9 nitrogen and oxygen atoms in total. The van der Waals surface area contributed by atoms with Gasteiger partial charge in [0.05, 0.1) is 31.0 Å². The van der Waals surface area contributed by atoms with E-state index in [0.29, 0.717) is 29.4 Å². The monoisotopic (exact) mass is 496 g/mol. The molecule has 4 rings (SSSR count). The lowest BCUT2D eigenvalue weighted by atomic mass is 9.95. The normalized spacial score (nSPS) is 15.6. The van der Waals surface area contributed by atoms with Crippen molar-refractivity contribution in [1.29, 1.82) is 0 Å². The quantitative estimate of drug-likeness (QED) is 0.352. The minimum atomic E-state index is -1.03. The molecule has 2 aromatic heterocycles. The van der Waals surface area contributed by atoms with Crippen molar-refractivity contribution in [1.82, 2.24) is 4.98 Å². The van der Waals surface area contributed by atoms with Crippen molar-refractivity contribution in [3.8, 4) is 5.75 Å². The Balaban J connectivity index is 1.86. The van der Waals surface area contributed by atoms with E-state index in [2.05, 4.69) is 4.98 Å². The van der Waals surface area contributed by atoms with Crippen LogP contribution in [-0.2, 0) is 9.53 Å². The fourth-order valence-corrected chi connectivity index (χ4v) is 4.81. The van der Waals surface area contributed by atoms with Gasteiger partial charge in [0, 0.05) is 0 Å². The number of nitrogens with zero attached hydrogens (tertiary/aromatic N) is 2. The zero-order chi connectivity index (χ0) is 25.3.